The van der Waals surface area contributed by atoms with E-state index in [0.29, 0.717) is 11.1 Å². The first-order chi connectivity index (χ1) is 27.2. The van der Waals surface area contributed by atoms with Crippen LogP contribution in [0.5, 0.6) is 0 Å². The second-order valence-corrected chi connectivity index (χ2v) is 14.0. The lowest BCUT2D eigenvalue weighted by atomic mass is 9.94. The molecule has 5 heteroatoms. The van der Waals surface area contributed by atoms with Crippen molar-refractivity contribution in [3.8, 4) is 45.8 Å². The summed E-state index contributed by atoms with van der Waals surface area (Å²) < 4.78 is 10.9. The Bertz CT molecular complexity index is 3470. The van der Waals surface area contributed by atoms with Gasteiger partial charge in [0.25, 0.3) is 0 Å². The molecular formula is C50H28N4O. The fourth-order valence-corrected chi connectivity index (χ4v) is 8.52. The van der Waals surface area contributed by atoms with Crippen LogP contribution in [-0.4, -0.2) is 9.13 Å². The molecule has 11 aromatic rings. The predicted molar refractivity (Wildman–Crippen MR) is 223 cm³/mol. The molecule has 8 aromatic carbocycles. The quantitative estimate of drug-likeness (QED) is 0.183. The SMILES string of the molecule is N#Cc1ccc2c(c1)c1ccccc1n2-c1cccc(-c2ccccc2-c2cccc(-n3c4ccc(C#N)cc4c4cc5oc6ccccc6c5cc43)c2)c1. The van der Waals surface area contributed by atoms with Gasteiger partial charge in [0.15, 0.2) is 0 Å². The summed E-state index contributed by atoms with van der Waals surface area (Å²) in [5, 5.41) is 25.8. The van der Waals surface area contributed by atoms with Crippen molar-refractivity contribution in [3.63, 3.8) is 0 Å². The molecule has 0 bridgehead atoms. The Kier molecular flexibility index (Phi) is 6.61. The maximum atomic E-state index is 9.84. The van der Waals surface area contributed by atoms with Gasteiger partial charge in [-0.15, -0.1) is 0 Å². The lowest BCUT2D eigenvalue weighted by Crippen LogP contribution is -1.96. The van der Waals surface area contributed by atoms with Crippen molar-refractivity contribution in [1.82, 2.24) is 9.13 Å². The highest BCUT2D eigenvalue weighted by Gasteiger charge is 2.19. The van der Waals surface area contributed by atoms with Gasteiger partial charge in [-0.05, 0) is 107 Å². The van der Waals surface area contributed by atoms with Gasteiger partial charge in [0.1, 0.15) is 11.2 Å². The Labute approximate surface area is 315 Å². The van der Waals surface area contributed by atoms with Crippen molar-refractivity contribution >= 4 is 65.6 Å². The standard InChI is InChI=1S/C50H28N4O/c51-29-31-19-21-46-41(23-31)39-15-3-5-17-45(39)53(46)35-11-7-9-33(25-35)37-13-1-2-14-38(37)34-10-8-12-36(26-34)54-47-22-20-32(30-52)24-42(47)43-28-50-44(27-48(43)54)40-16-4-6-18-49(40)55-50/h1-28H. The molecule has 254 valence electrons. The zero-order valence-electron chi connectivity index (χ0n) is 29.4. The topological polar surface area (TPSA) is 70.6 Å². The molecule has 3 aromatic heterocycles. The number of rotatable bonds is 4. The fraction of sp³-hybridized carbons (Fsp3) is 0. The predicted octanol–water partition coefficient (Wildman–Crippen LogP) is 12.9. The summed E-state index contributed by atoms with van der Waals surface area (Å²) in [6.45, 7) is 0. The maximum Gasteiger partial charge on any atom is 0.136 e. The third-order valence-corrected chi connectivity index (χ3v) is 11.0. The average Bonchev–Trinajstić information content (AvgIpc) is 3.89. The second kappa shape index (κ2) is 11.8. The van der Waals surface area contributed by atoms with Crippen molar-refractivity contribution in [2.45, 2.75) is 0 Å². The number of fused-ring (bicyclic) bond motifs is 9. The van der Waals surface area contributed by atoms with Crippen molar-refractivity contribution < 1.29 is 4.42 Å². The van der Waals surface area contributed by atoms with E-state index in [2.05, 4.69) is 149 Å². The third-order valence-electron chi connectivity index (χ3n) is 11.0. The van der Waals surface area contributed by atoms with Crippen LogP contribution in [-0.2, 0) is 0 Å². The molecule has 0 fully saturated rings. The van der Waals surface area contributed by atoms with Gasteiger partial charge in [0.2, 0.25) is 0 Å². The molecule has 0 aliphatic carbocycles. The smallest absolute Gasteiger partial charge is 0.136 e. The first-order valence-electron chi connectivity index (χ1n) is 18.2. The minimum absolute atomic E-state index is 0.619. The number of para-hydroxylation sites is 2. The van der Waals surface area contributed by atoms with E-state index in [9.17, 15) is 10.5 Å². The van der Waals surface area contributed by atoms with Crippen LogP contribution in [0.2, 0.25) is 0 Å². The van der Waals surface area contributed by atoms with Crippen molar-refractivity contribution in [2.75, 3.05) is 0 Å². The van der Waals surface area contributed by atoms with Gasteiger partial charge in [-0.3, -0.25) is 0 Å². The van der Waals surface area contributed by atoms with Crippen LogP contribution >= 0.6 is 0 Å². The lowest BCUT2D eigenvalue weighted by Gasteiger charge is -2.15. The summed E-state index contributed by atoms with van der Waals surface area (Å²) in [7, 11) is 0. The van der Waals surface area contributed by atoms with E-state index in [1.54, 1.807) is 0 Å². The Morgan fingerprint density at radius 1 is 0.364 bits per heavy atom. The third kappa shape index (κ3) is 4.64. The maximum absolute atomic E-state index is 9.84. The second-order valence-electron chi connectivity index (χ2n) is 14.0. The van der Waals surface area contributed by atoms with Crippen molar-refractivity contribution in [2.24, 2.45) is 0 Å². The Morgan fingerprint density at radius 2 is 0.891 bits per heavy atom. The summed E-state index contributed by atoms with van der Waals surface area (Å²) >= 11 is 0. The van der Waals surface area contributed by atoms with E-state index in [1.165, 1.54) is 0 Å². The van der Waals surface area contributed by atoms with Crippen LogP contribution in [0.4, 0.5) is 0 Å². The van der Waals surface area contributed by atoms with E-state index < -0.39 is 0 Å². The van der Waals surface area contributed by atoms with E-state index in [0.717, 1.165) is 99.2 Å². The number of aromatic nitrogens is 2. The van der Waals surface area contributed by atoms with Crippen LogP contribution in [0.15, 0.2) is 174 Å². The summed E-state index contributed by atoms with van der Waals surface area (Å²) in [6, 6.07) is 63.4. The first kappa shape index (κ1) is 30.7. The molecule has 3 heterocycles. The van der Waals surface area contributed by atoms with Crippen LogP contribution in [0, 0.1) is 22.7 Å². The first-order valence-corrected chi connectivity index (χ1v) is 18.2. The van der Waals surface area contributed by atoms with Gasteiger partial charge in [-0.2, -0.15) is 10.5 Å². The number of furan rings is 1. The molecule has 0 aliphatic heterocycles. The van der Waals surface area contributed by atoms with Gasteiger partial charge < -0.3 is 13.6 Å². The van der Waals surface area contributed by atoms with Crippen LogP contribution < -0.4 is 0 Å². The van der Waals surface area contributed by atoms with Crippen LogP contribution in [0.25, 0.3) is 99.2 Å². The summed E-state index contributed by atoms with van der Waals surface area (Å²) in [6.07, 6.45) is 0. The molecule has 5 nitrogen and oxygen atoms in total. The normalized spacial score (nSPS) is 11.6. The zero-order valence-corrected chi connectivity index (χ0v) is 29.4. The largest absolute Gasteiger partial charge is 0.456 e. The van der Waals surface area contributed by atoms with Crippen LogP contribution in [0.1, 0.15) is 11.1 Å². The van der Waals surface area contributed by atoms with E-state index in [-0.39, 0.29) is 0 Å². The lowest BCUT2D eigenvalue weighted by molar-refractivity contribution is 0.669. The van der Waals surface area contributed by atoms with Gasteiger partial charge in [-0.1, -0.05) is 84.9 Å². The molecular weight excluding hydrogens is 673 g/mol. The molecule has 0 saturated carbocycles. The molecule has 0 saturated heterocycles. The van der Waals surface area contributed by atoms with Gasteiger partial charge >= 0.3 is 0 Å². The molecule has 0 amide bonds. The Hall–Kier alpha value is -7.86. The Morgan fingerprint density at radius 3 is 1.55 bits per heavy atom. The van der Waals surface area contributed by atoms with Gasteiger partial charge in [0.05, 0.1) is 45.3 Å². The van der Waals surface area contributed by atoms with E-state index in [1.807, 2.05) is 42.5 Å². The van der Waals surface area contributed by atoms with Crippen molar-refractivity contribution in [1.29, 1.82) is 10.5 Å². The number of nitriles is 2. The molecule has 11 rings (SSSR count). The van der Waals surface area contributed by atoms with Crippen molar-refractivity contribution in [3.05, 3.63) is 181 Å². The zero-order chi connectivity index (χ0) is 36.6. The molecule has 55 heavy (non-hydrogen) atoms. The summed E-state index contributed by atoms with van der Waals surface area (Å²) in [5.74, 6) is 0. The van der Waals surface area contributed by atoms with Gasteiger partial charge in [-0.25, -0.2) is 0 Å². The molecule has 0 N–H and O–H groups in total. The van der Waals surface area contributed by atoms with E-state index in [4.69, 9.17) is 4.42 Å². The van der Waals surface area contributed by atoms with Crippen LogP contribution in [0.3, 0.4) is 0 Å². The highest BCUT2D eigenvalue weighted by atomic mass is 16.3. The number of nitrogens with zero attached hydrogens (tertiary/aromatic N) is 4. The summed E-state index contributed by atoms with van der Waals surface area (Å²) in [5.41, 5.74) is 13.7. The minimum atomic E-state index is 0.619. The molecule has 0 aliphatic rings. The number of benzene rings is 8. The monoisotopic (exact) mass is 700 g/mol. The number of hydrogen-bond donors (Lipinski definition) is 0. The number of hydrogen-bond acceptors (Lipinski definition) is 3. The molecule has 0 unspecified atom stereocenters. The fourth-order valence-electron chi connectivity index (χ4n) is 8.52. The summed E-state index contributed by atoms with van der Waals surface area (Å²) in [4.78, 5) is 0. The highest BCUT2D eigenvalue weighted by molar-refractivity contribution is 6.17. The molecule has 0 spiro atoms. The minimum Gasteiger partial charge on any atom is -0.456 e. The average molecular weight is 701 g/mol. The molecule has 0 atom stereocenters. The molecule has 0 radical (unpaired) electrons. The highest BCUT2D eigenvalue weighted by Crippen LogP contribution is 2.41. The van der Waals surface area contributed by atoms with E-state index >= 15 is 0 Å². The Balaban J connectivity index is 1.09. The van der Waals surface area contributed by atoms with Gasteiger partial charge in [0, 0.05) is 43.7 Å².